The van der Waals surface area contributed by atoms with Gasteiger partial charge in [-0.05, 0) is 37.5 Å². The van der Waals surface area contributed by atoms with Crippen molar-refractivity contribution in [2.24, 2.45) is 4.99 Å². The molecule has 0 aliphatic carbocycles. The van der Waals surface area contributed by atoms with Gasteiger partial charge in [0.25, 0.3) is 0 Å². The molecule has 1 atom stereocenters. The molecule has 1 aromatic rings. The first-order chi connectivity index (χ1) is 13.6. The molecule has 158 valence electrons. The fraction of sp³-hybridized carbons (Fsp3) is 0.571. The molecule has 2 heterocycles. The molecule has 0 spiro atoms. The largest absolute Gasteiger partial charge is 0.352 e. The number of hydrogen-bond donors (Lipinski definition) is 1. The number of nitriles is 1. The third kappa shape index (κ3) is 6.06. The zero-order valence-electron chi connectivity index (χ0n) is 17.3. The van der Waals surface area contributed by atoms with Crippen molar-refractivity contribution in [3.63, 3.8) is 0 Å². The summed E-state index contributed by atoms with van der Waals surface area (Å²) >= 11 is 0. The van der Waals surface area contributed by atoms with Gasteiger partial charge in [-0.1, -0.05) is 12.1 Å². The lowest BCUT2D eigenvalue weighted by molar-refractivity contribution is -0.135. The van der Waals surface area contributed by atoms with Crippen LogP contribution in [-0.4, -0.2) is 78.9 Å². The number of rotatable bonds is 4. The smallest absolute Gasteiger partial charge is 0.239 e. The summed E-state index contributed by atoms with van der Waals surface area (Å²) < 4.78 is 0. The Morgan fingerprint density at radius 3 is 2.28 bits per heavy atom. The fourth-order valence-electron chi connectivity index (χ4n) is 3.89. The second-order valence-corrected chi connectivity index (χ2v) is 7.44. The summed E-state index contributed by atoms with van der Waals surface area (Å²) in [6.07, 6.45) is 2.26. The zero-order chi connectivity index (χ0) is 19.9. The van der Waals surface area contributed by atoms with E-state index in [0.29, 0.717) is 12.1 Å². The number of benzene rings is 1. The second kappa shape index (κ2) is 11.4. The molecule has 2 aliphatic heterocycles. The lowest BCUT2D eigenvalue weighted by Crippen LogP contribution is -2.57. The summed E-state index contributed by atoms with van der Waals surface area (Å²) in [6.45, 7) is 7.95. The molecule has 0 saturated carbocycles. The first-order valence-electron chi connectivity index (χ1n) is 10.1. The van der Waals surface area contributed by atoms with Crippen LogP contribution in [0.1, 0.15) is 30.9 Å². The van der Waals surface area contributed by atoms with Crippen LogP contribution >= 0.6 is 24.0 Å². The lowest BCUT2D eigenvalue weighted by Gasteiger charge is -2.39. The summed E-state index contributed by atoms with van der Waals surface area (Å²) in [5, 5.41) is 12.3. The van der Waals surface area contributed by atoms with Crippen LogP contribution in [0.4, 0.5) is 0 Å². The van der Waals surface area contributed by atoms with Crippen molar-refractivity contribution in [2.75, 3.05) is 46.3 Å². The second-order valence-electron chi connectivity index (χ2n) is 7.44. The van der Waals surface area contributed by atoms with E-state index in [1.807, 2.05) is 36.1 Å². The molecule has 8 heteroatoms. The molecule has 7 nitrogen and oxygen atoms in total. The molecule has 0 radical (unpaired) electrons. The molecular weight excluding hydrogens is 479 g/mol. The van der Waals surface area contributed by atoms with Gasteiger partial charge in [-0.15, -0.1) is 24.0 Å². The van der Waals surface area contributed by atoms with Crippen molar-refractivity contribution in [3.05, 3.63) is 35.4 Å². The average Bonchev–Trinajstić information content (AvgIpc) is 3.29. The highest BCUT2D eigenvalue weighted by atomic mass is 127. The standard InChI is InChI=1S/C21H30N6O.HI/c1-17(20(28)26-9-3-4-10-26)25-11-13-27(14-12-25)21(23-2)24-16-19-7-5-18(15-22)6-8-19;/h5-8,17H,3-4,9-14,16H2,1-2H3,(H,23,24);1H. The number of carbonyl (C=O) groups is 1. The molecule has 2 saturated heterocycles. The number of halogens is 1. The Kier molecular flexibility index (Phi) is 9.17. The maximum absolute atomic E-state index is 12.6. The van der Waals surface area contributed by atoms with E-state index >= 15 is 0 Å². The Morgan fingerprint density at radius 2 is 1.72 bits per heavy atom. The van der Waals surface area contributed by atoms with Gasteiger partial charge in [-0.25, -0.2) is 0 Å². The lowest BCUT2D eigenvalue weighted by atomic mass is 10.1. The van der Waals surface area contributed by atoms with Gasteiger partial charge >= 0.3 is 0 Å². The molecule has 0 aromatic heterocycles. The van der Waals surface area contributed by atoms with Gasteiger partial charge in [-0.2, -0.15) is 5.26 Å². The van der Waals surface area contributed by atoms with Crippen LogP contribution in [0.25, 0.3) is 0 Å². The van der Waals surface area contributed by atoms with Crippen LogP contribution in [-0.2, 0) is 11.3 Å². The van der Waals surface area contributed by atoms with Crippen molar-refractivity contribution in [2.45, 2.75) is 32.4 Å². The highest BCUT2D eigenvalue weighted by molar-refractivity contribution is 14.0. The maximum Gasteiger partial charge on any atom is 0.239 e. The number of amides is 1. The minimum Gasteiger partial charge on any atom is -0.352 e. The number of nitrogens with one attached hydrogen (secondary N) is 1. The number of nitrogens with zero attached hydrogens (tertiary/aromatic N) is 5. The minimum absolute atomic E-state index is 0. The van der Waals surface area contributed by atoms with E-state index in [0.717, 1.165) is 63.6 Å². The molecule has 1 aromatic carbocycles. The van der Waals surface area contributed by atoms with Crippen molar-refractivity contribution in [3.8, 4) is 6.07 Å². The van der Waals surface area contributed by atoms with Gasteiger partial charge in [0.05, 0.1) is 17.7 Å². The van der Waals surface area contributed by atoms with Crippen LogP contribution in [0.5, 0.6) is 0 Å². The van der Waals surface area contributed by atoms with Crippen LogP contribution in [0.2, 0.25) is 0 Å². The number of guanidine groups is 1. The Morgan fingerprint density at radius 1 is 1.10 bits per heavy atom. The Balaban J connectivity index is 0.00000300. The zero-order valence-corrected chi connectivity index (χ0v) is 19.6. The van der Waals surface area contributed by atoms with Crippen molar-refractivity contribution in [1.29, 1.82) is 5.26 Å². The van der Waals surface area contributed by atoms with Crippen LogP contribution in [0.15, 0.2) is 29.3 Å². The highest BCUT2D eigenvalue weighted by Gasteiger charge is 2.30. The number of hydrogen-bond acceptors (Lipinski definition) is 4. The Labute approximate surface area is 190 Å². The van der Waals surface area contributed by atoms with Gasteiger partial charge in [0.1, 0.15) is 0 Å². The summed E-state index contributed by atoms with van der Waals surface area (Å²) in [5.41, 5.74) is 1.78. The number of piperazine rings is 1. The van der Waals surface area contributed by atoms with Gasteiger partial charge in [0, 0.05) is 52.9 Å². The average molecular weight is 510 g/mol. The SMILES string of the molecule is CN=C(NCc1ccc(C#N)cc1)N1CCN(C(C)C(=O)N2CCCC2)CC1.I. The maximum atomic E-state index is 12.6. The summed E-state index contributed by atoms with van der Waals surface area (Å²) in [7, 11) is 1.80. The first kappa shape index (κ1) is 23.4. The fourth-order valence-corrected chi connectivity index (χ4v) is 3.89. The molecule has 2 aliphatic rings. The molecule has 29 heavy (non-hydrogen) atoms. The molecule has 2 fully saturated rings. The van der Waals surface area contributed by atoms with Crippen LogP contribution in [0, 0.1) is 11.3 Å². The predicted octanol–water partition coefficient (Wildman–Crippen LogP) is 1.88. The molecular formula is C21H31IN6O. The Bertz CT molecular complexity index is 731. The third-order valence-electron chi connectivity index (χ3n) is 5.68. The Hall–Kier alpha value is -1.86. The van der Waals surface area contributed by atoms with Crippen molar-refractivity contribution < 1.29 is 4.79 Å². The molecule has 0 bridgehead atoms. The number of likely N-dealkylation sites (tertiary alicyclic amines) is 1. The van der Waals surface area contributed by atoms with Crippen LogP contribution < -0.4 is 5.32 Å². The van der Waals surface area contributed by atoms with E-state index < -0.39 is 0 Å². The third-order valence-corrected chi connectivity index (χ3v) is 5.68. The first-order valence-corrected chi connectivity index (χ1v) is 10.1. The molecule has 1 amide bonds. The summed E-state index contributed by atoms with van der Waals surface area (Å²) in [6, 6.07) is 9.67. The molecule has 3 rings (SSSR count). The monoisotopic (exact) mass is 510 g/mol. The highest BCUT2D eigenvalue weighted by Crippen LogP contribution is 2.14. The van der Waals surface area contributed by atoms with Gasteiger partial charge < -0.3 is 15.1 Å². The topological polar surface area (TPSA) is 75.0 Å². The molecule has 1 N–H and O–H groups in total. The van der Waals surface area contributed by atoms with E-state index in [-0.39, 0.29) is 35.9 Å². The number of aliphatic imine (C=N–C) groups is 1. The van der Waals surface area contributed by atoms with Crippen molar-refractivity contribution in [1.82, 2.24) is 20.0 Å². The van der Waals surface area contributed by atoms with Gasteiger partial charge in [0.2, 0.25) is 5.91 Å². The molecule has 1 unspecified atom stereocenters. The van der Waals surface area contributed by atoms with E-state index in [4.69, 9.17) is 5.26 Å². The van der Waals surface area contributed by atoms with E-state index in [2.05, 4.69) is 26.2 Å². The number of carbonyl (C=O) groups excluding carboxylic acids is 1. The summed E-state index contributed by atoms with van der Waals surface area (Å²) in [4.78, 5) is 23.6. The van der Waals surface area contributed by atoms with Crippen molar-refractivity contribution >= 4 is 35.8 Å². The van der Waals surface area contributed by atoms with E-state index in [1.54, 1.807) is 7.05 Å². The van der Waals surface area contributed by atoms with E-state index in [9.17, 15) is 4.79 Å². The normalized spacial score (nSPS) is 18.7. The van der Waals surface area contributed by atoms with Crippen LogP contribution in [0.3, 0.4) is 0 Å². The quantitative estimate of drug-likeness (QED) is 0.381. The van der Waals surface area contributed by atoms with Gasteiger partial charge in [0.15, 0.2) is 5.96 Å². The minimum atomic E-state index is -0.0473. The van der Waals surface area contributed by atoms with E-state index in [1.165, 1.54) is 0 Å². The summed E-state index contributed by atoms with van der Waals surface area (Å²) in [5.74, 6) is 1.15. The predicted molar refractivity (Wildman–Crippen MR) is 125 cm³/mol. The van der Waals surface area contributed by atoms with Gasteiger partial charge in [-0.3, -0.25) is 14.7 Å².